The second kappa shape index (κ2) is 9.52. The van der Waals surface area contributed by atoms with Crippen molar-refractivity contribution < 1.29 is 19.0 Å². The number of carbonyl (C=O) groups excluding carboxylic acids is 1. The summed E-state index contributed by atoms with van der Waals surface area (Å²) in [5, 5.41) is 3.03. The maximum absolute atomic E-state index is 12.2. The molecule has 2 aliphatic heterocycles. The van der Waals surface area contributed by atoms with Crippen molar-refractivity contribution in [3.8, 4) is 5.75 Å². The van der Waals surface area contributed by atoms with Gasteiger partial charge in [-0.2, -0.15) is 0 Å². The maximum atomic E-state index is 12.2. The van der Waals surface area contributed by atoms with Crippen LogP contribution >= 0.6 is 15.9 Å². The smallest absolute Gasteiger partial charge is 0.257 e. The van der Waals surface area contributed by atoms with Crippen LogP contribution in [0.5, 0.6) is 5.75 Å². The number of hydrogen-bond acceptors (Lipinski definition) is 5. The number of rotatable bonds is 7. The van der Waals surface area contributed by atoms with Gasteiger partial charge in [-0.15, -0.1) is 0 Å². The van der Waals surface area contributed by atoms with E-state index in [0.29, 0.717) is 24.3 Å². The molecule has 2 unspecified atom stereocenters. The number of ether oxygens (including phenoxy) is 3. The van der Waals surface area contributed by atoms with E-state index in [1.807, 2.05) is 24.3 Å². The lowest BCUT2D eigenvalue weighted by Gasteiger charge is -2.37. The molecule has 25 heavy (non-hydrogen) atoms. The Kier molecular flexibility index (Phi) is 7.10. The lowest BCUT2D eigenvalue weighted by molar-refractivity contribution is -0.123. The maximum Gasteiger partial charge on any atom is 0.257 e. The molecule has 2 heterocycles. The standard InChI is InChI=1S/C18H25BrN2O4/c19-15-1-3-16(4-2-15)25-13-18(22)20-11-17(14-5-8-24-12-14)21-6-9-23-10-7-21/h1-4,14,17H,5-13H2,(H,20,22). The first kappa shape index (κ1) is 18.6. The van der Waals surface area contributed by atoms with E-state index in [4.69, 9.17) is 14.2 Å². The van der Waals surface area contributed by atoms with E-state index in [1.54, 1.807) is 0 Å². The summed E-state index contributed by atoms with van der Waals surface area (Å²) in [7, 11) is 0. The molecule has 0 aromatic heterocycles. The number of nitrogens with zero attached hydrogens (tertiary/aromatic N) is 1. The third-order valence-electron chi connectivity index (χ3n) is 4.72. The minimum atomic E-state index is -0.0971. The average Bonchev–Trinajstić information content (AvgIpc) is 3.17. The SMILES string of the molecule is O=C(COc1ccc(Br)cc1)NCC(C1CCOC1)N1CCOCC1. The van der Waals surface area contributed by atoms with E-state index in [9.17, 15) is 4.79 Å². The molecule has 1 aromatic rings. The van der Waals surface area contributed by atoms with Gasteiger partial charge in [0, 0.05) is 42.7 Å². The molecule has 0 bridgehead atoms. The fourth-order valence-electron chi connectivity index (χ4n) is 3.31. The van der Waals surface area contributed by atoms with Gasteiger partial charge < -0.3 is 19.5 Å². The lowest BCUT2D eigenvalue weighted by Crippen LogP contribution is -2.52. The first-order valence-electron chi connectivity index (χ1n) is 8.77. The summed E-state index contributed by atoms with van der Waals surface area (Å²) in [6.07, 6.45) is 1.05. The molecule has 1 amide bonds. The van der Waals surface area contributed by atoms with E-state index in [-0.39, 0.29) is 12.5 Å². The molecule has 7 heteroatoms. The molecule has 1 N–H and O–H groups in total. The zero-order valence-electron chi connectivity index (χ0n) is 14.3. The summed E-state index contributed by atoms with van der Waals surface area (Å²) in [6.45, 7) is 5.56. The topological polar surface area (TPSA) is 60.0 Å². The highest BCUT2D eigenvalue weighted by atomic mass is 79.9. The molecule has 2 saturated heterocycles. The molecule has 0 radical (unpaired) electrons. The predicted octanol–water partition coefficient (Wildman–Crippen LogP) is 1.68. The van der Waals surface area contributed by atoms with Gasteiger partial charge >= 0.3 is 0 Å². The summed E-state index contributed by atoms with van der Waals surface area (Å²) in [5.74, 6) is 1.05. The number of halogens is 1. The van der Waals surface area contributed by atoms with E-state index < -0.39 is 0 Å². The molecule has 0 spiro atoms. The van der Waals surface area contributed by atoms with Crippen LogP contribution in [0, 0.1) is 5.92 Å². The number of amides is 1. The molecule has 2 fully saturated rings. The Morgan fingerprint density at radius 2 is 2.00 bits per heavy atom. The van der Waals surface area contributed by atoms with Crippen molar-refractivity contribution in [2.45, 2.75) is 12.5 Å². The van der Waals surface area contributed by atoms with Gasteiger partial charge in [0.05, 0.1) is 19.8 Å². The van der Waals surface area contributed by atoms with Gasteiger partial charge in [0.2, 0.25) is 0 Å². The van der Waals surface area contributed by atoms with Gasteiger partial charge in [0.25, 0.3) is 5.91 Å². The normalized spacial score (nSPS) is 22.5. The van der Waals surface area contributed by atoms with Crippen LogP contribution in [0.1, 0.15) is 6.42 Å². The zero-order valence-corrected chi connectivity index (χ0v) is 15.9. The molecular formula is C18H25BrN2O4. The van der Waals surface area contributed by atoms with Gasteiger partial charge in [-0.3, -0.25) is 9.69 Å². The Hall–Kier alpha value is -1.15. The van der Waals surface area contributed by atoms with Crippen LogP contribution in [-0.4, -0.2) is 69.5 Å². The average molecular weight is 413 g/mol. The summed E-state index contributed by atoms with van der Waals surface area (Å²) < 4.78 is 17.5. The number of hydrogen-bond donors (Lipinski definition) is 1. The van der Waals surface area contributed by atoms with Crippen molar-refractivity contribution in [3.63, 3.8) is 0 Å². The van der Waals surface area contributed by atoms with Crippen molar-refractivity contribution in [2.24, 2.45) is 5.92 Å². The Morgan fingerprint density at radius 1 is 1.24 bits per heavy atom. The molecule has 2 aliphatic rings. The van der Waals surface area contributed by atoms with Crippen LogP contribution < -0.4 is 10.1 Å². The molecule has 1 aromatic carbocycles. The lowest BCUT2D eigenvalue weighted by atomic mass is 9.97. The molecule has 2 atom stereocenters. The van der Waals surface area contributed by atoms with E-state index in [0.717, 1.165) is 50.4 Å². The number of nitrogens with one attached hydrogen (secondary N) is 1. The Balaban J connectivity index is 1.47. The number of morpholine rings is 1. The van der Waals surface area contributed by atoms with Gasteiger partial charge in [0.1, 0.15) is 5.75 Å². The van der Waals surface area contributed by atoms with Gasteiger partial charge in [-0.25, -0.2) is 0 Å². The predicted molar refractivity (Wildman–Crippen MR) is 97.8 cm³/mol. The first-order valence-corrected chi connectivity index (χ1v) is 9.56. The minimum Gasteiger partial charge on any atom is -0.484 e. The Morgan fingerprint density at radius 3 is 2.68 bits per heavy atom. The van der Waals surface area contributed by atoms with E-state index >= 15 is 0 Å². The van der Waals surface area contributed by atoms with Gasteiger partial charge in [-0.05, 0) is 30.7 Å². The monoisotopic (exact) mass is 412 g/mol. The largest absolute Gasteiger partial charge is 0.484 e. The van der Waals surface area contributed by atoms with Crippen LogP contribution in [0.4, 0.5) is 0 Å². The third-order valence-corrected chi connectivity index (χ3v) is 5.24. The van der Waals surface area contributed by atoms with Crippen molar-refractivity contribution in [3.05, 3.63) is 28.7 Å². The quantitative estimate of drug-likeness (QED) is 0.737. The molecule has 138 valence electrons. The first-order chi connectivity index (χ1) is 12.2. The third kappa shape index (κ3) is 5.67. The molecule has 0 aliphatic carbocycles. The molecule has 6 nitrogen and oxygen atoms in total. The molecular weight excluding hydrogens is 388 g/mol. The van der Waals surface area contributed by atoms with Crippen LogP contribution in [0.25, 0.3) is 0 Å². The van der Waals surface area contributed by atoms with Crippen molar-refractivity contribution in [1.29, 1.82) is 0 Å². The Labute approximate surface area is 156 Å². The van der Waals surface area contributed by atoms with Gasteiger partial charge in [-0.1, -0.05) is 15.9 Å². The van der Waals surface area contributed by atoms with Crippen LogP contribution in [0.3, 0.4) is 0 Å². The summed E-state index contributed by atoms with van der Waals surface area (Å²) in [5.41, 5.74) is 0. The highest BCUT2D eigenvalue weighted by molar-refractivity contribution is 9.10. The van der Waals surface area contributed by atoms with Crippen LogP contribution in [-0.2, 0) is 14.3 Å². The van der Waals surface area contributed by atoms with Gasteiger partial charge in [0.15, 0.2) is 6.61 Å². The fourth-order valence-corrected chi connectivity index (χ4v) is 3.57. The molecule has 0 saturated carbocycles. The highest BCUT2D eigenvalue weighted by Gasteiger charge is 2.31. The highest BCUT2D eigenvalue weighted by Crippen LogP contribution is 2.22. The second-order valence-corrected chi connectivity index (χ2v) is 7.30. The van der Waals surface area contributed by atoms with E-state index in [1.165, 1.54) is 0 Å². The summed E-state index contributed by atoms with van der Waals surface area (Å²) in [4.78, 5) is 14.6. The number of carbonyl (C=O) groups is 1. The second-order valence-electron chi connectivity index (χ2n) is 6.39. The Bertz CT molecular complexity index is 543. The van der Waals surface area contributed by atoms with Crippen LogP contribution in [0.15, 0.2) is 28.7 Å². The minimum absolute atomic E-state index is 0.0264. The van der Waals surface area contributed by atoms with Crippen molar-refractivity contribution in [1.82, 2.24) is 10.2 Å². The fraction of sp³-hybridized carbons (Fsp3) is 0.611. The van der Waals surface area contributed by atoms with Crippen LogP contribution in [0.2, 0.25) is 0 Å². The summed E-state index contributed by atoms with van der Waals surface area (Å²) >= 11 is 3.38. The number of benzene rings is 1. The van der Waals surface area contributed by atoms with Crippen molar-refractivity contribution in [2.75, 3.05) is 52.7 Å². The zero-order chi connectivity index (χ0) is 17.5. The molecule has 3 rings (SSSR count). The van der Waals surface area contributed by atoms with Crippen molar-refractivity contribution >= 4 is 21.8 Å². The van der Waals surface area contributed by atoms with E-state index in [2.05, 4.69) is 26.1 Å². The summed E-state index contributed by atoms with van der Waals surface area (Å²) in [6, 6.07) is 7.75.